The van der Waals surface area contributed by atoms with Crippen LogP contribution in [-0.4, -0.2) is 20.5 Å². The molecule has 1 aromatic rings. The number of halogens is 1. The number of nitrogens with one attached hydrogen (secondary N) is 2. The van der Waals surface area contributed by atoms with Crippen LogP contribution in [0.4, 0.5) is 10.5 Å². The van der Waals surface area contributed by atoms with Gasteiger partial charge in [0.05, 0.1) is 4.90 Å². The Balaban J connectivity index is 2.93. The van der Waals surface area contributed by atoms with E-state index in [1.165, 1.54) is 18.2 Å². The average Bonchev–Trinajstić information content (AvgIpc) is 2.19. The van der Waals surface area contributed by atoms with Crippen molar-refractivity contribution in [2.75, 3.05) is 5.73 Å². The Hall–Kier alpha value is -1.28. The summed E-state index contributed by atoms with van der Waals surface area (Å²) in [5.74, 6) is 0. The predicted octanol–water partition coefficient (Wildman–Crippen LogP) is 1.43. The van der Waals surface area contributed by atoms with Crippen LogP contribution in [0.2, 0.25) is 0 Å². The number of hydrogen-bond donors (Lipinski definition) is 3. The zero-order valence-corrected chi connectivity index (χ0v) is 12.3. The van der Waals surface area contributed by atoms with Crippen molar-refractivity contribution in [3.05, 3.63) is 22.7 Å². The van der Waals surface area contributed by atoms with Crippen molar-refractivity contribution in [3.63, 3.8) is 0 Å². The molecule has 6 nitrogen and oxygen atoms in total. The van der Waals surface area contributed by atoms with Crippen LogP contribution in [0.15, 0.2) is 27.6 Å². The molecular formula is C10H14BrN3O3S. The molecule has 4 N–H and O–H groups in total. The third-order valence-corrected chi connectivity index (χ3v) is 3.94. The first-order chi connectivity index (χ1) is 8.22. The average molecular weight is 336 g/mol. The van der Waals surface area contributed by atoms with Gasteiger partial charge in [-0.2, -0.15) is 0 Å². The smallest absolute Gasteiger partial charge is 0.328 e. The Labute approximate surface area is 114 Å². The van der Waals surface area contributed by atoms with Gasteiger partial charge in [-0.3, -0.25) is 0 Å². The van der Waals surface area contributed by atoms with Crippen LogP contribution < -0.4 is 15.8 Å². The molecule has 0 aliphatic carbocycles. The van der Waals surface area contributed by atoms with Gasteiger partial charge in [-0.1, -0.05) is 0 Å². The highest BCUT2D eigenvalue weighted by Crippen LogP contribution is 2.22. The van der Waals surface area contributed by atoms with Crippen molar-refractivity contribution in [2.24, 2.45) is 0 Å². The predicted molar refractivity (Wildman–Crippen MR) is 72.5 cm³/mol. The van der Waals surface area contributed by atoms with Crippen molar-refractivity contribution in [3.8, 4) is 0 Å². The number of sulfonamides is 1. The highest BCUT2D eigenvalue weighted by atomic mass is 79.9. The van der Waals surface area contributed by atoms with Crippen LogP contribution in [0, 0.1) is 0 Å². The quantitative estimate of drug-likeness (QED) is 0.727. The third-order valence-electron chi connectivity index (χ3n) is 1.93. The van der Waals surface area contributed by atoms with E-state index in [-0.39, 0.29) is 10.9 Å². The van der Waals surface area contributed by atoms with Gasteiger partial charge in [-0.25, -0.2) is 17.9 Å². The number of carbonyl (C=O) groups is 1. The van der Waals surface area contributed by atoms with E-state index in [1.54, 1.807) is 13.8 Å². The molecule has 8 heteroatoms. The topological polar surface area (TPSA) is 101 Å². The summed E-state index contributed by atoms with van der Waals surface area (Å²) >= 11 is 3.13. The largest absolute Gasteiger partial charge is 0.398 e. The molecule has 1 rings (SSSR count). The van der Waals surface area contributed by atoms with Gasteiger partial charge in [-0.15, -0.1) is 0 Å². The van der Waals surface area contributed by atoms with E-state index in [9.17, 15) is 13.2 Å². The number of hydrogen-bond acceptors (Lipinski definition) is 4. The van der Waals surface area contributed by atoms with E-state index in [1.807, 2.05) is 4.72 Å². The Morgan fingerprint density at radius 2 is 2.00 bits per heavy atom. The first kappa shape index (κ1) is 14.8. The van der Waals surface area contributed by atoms with E-state index in [4.69, 9.17) is 5.73 Å². The first-order valence-electron chi connectivity index (χ1n) is 5.10. The molecule has 0 aliphatic rings. The number of anilines is 1. The summed E-state index contributed by atoms with van der Waals surface area (Å²) in [6.07, 6.45) is 0. The summed E-state index contributed by atoms with van der Waals surface area (Å²) in [4.78, 5) is 11.3. The van der Waals surface area contributed by atoms with Gasteiger partial charge >= 0.3 is 6.03 Å². The van der Waals surface area contributed by atoms with Crippen molar-refractivity contribution >= 4 is 37.7 Å². The number of amides is 2. The van der Waals surface area contributed by atoms with Crippen LogP contribution in [0.3, 0.4) is 0 Å². The van der Waals surface area contributed by atoms with Gasteiger partial charge < -0.3 is 11.1 Å². The third kappa shape index (κ3) is 3.88. The highest BCUT2D eigenvalue weighted by Gasteiger charge is 2.18. The molecule has 2 amide bonds. The Kier molecular flexibility index (Phi) is 4.58. The van der Waals surface area contributed by atoms with E-state index in [2.05, 4.69) is 21.2 Å². The molecule has 0 atom stereocenters. The normalized spacial score (nSPS) is 11.3. The van der Waals surface area contributed by atoms with Gasteiger partial charge in [-0.05, 0) is 48.0 Å². The lowest BCUT2D eigenvalue weighted by atomic mass is 10.3. The van der Waals surface area contributed by atoms with Crippen molar-refractivity contribution < 1.29 is 13.2 Å². The molecule has 18 heavy (non-hydrogen) atoms. The summed E-state index contributed by atoms with van der Waals surface area (Å²) in [5, 5.41) is 2.43. The maximum atomic E-state index is 11.9. The van der Waals surface area contributed by atoms with Gasteiger partial charge in [0, 0.05) is 16.2 Å². The fourth-order valence-corrected chi connectivity index (χ4v) is 2.62. The van der Waals surface area contributed by atoms with E-state index >= 15 is 0 Å². The second kappa shape index (κ2) is 5.57. The molecular weight excluding hydrogens is 322 g/mol. The van der Waals surface area contributed by atoms with E-state index in [0.717, 1.165) is 0 Å². The lowest BCUT2D eigenvalue weighted by Crippen LogP contribution is -2.42. The monoisotopic (exact) mass is 335 g/mol. The molecule has 0 fully saturated rings. The van der Waals surface area contributed by atoms with Gasteiger partial charge in [0.1, 0.15) is 0 Å². The van der Waals surface area contributed by atoms with Gasteiger partial charge in [0.25, 0.3) is 10.0 Å². The summed E-state index contributed by atoms with van der Waals surface area (Å²) < 4.78 is 26.1. The van der Waals surface area contributed by atoms with Gasteiger partial charge in [0.15, 0.2) is 0 Å². The minimum atomic E-state index is -3.89. The summed E-state index contributed by atoms with van der Waals surface area (Å²) in [6.45, 7) is 3.46. The van der Waals surface area contributed by atoms with Gasteiger partial charge in [0.2, 0.25) is 0 Å². The fraction of sp³-hybridized carbons (Fsp3) is 0.300. The Bertz CT molecular complexity index is 557. The standard InChI is InChI=1S/C10H14BrN3O3S/c1-6(2)13-10(15)14-18(16,17)7-3-4-9(12)8(11)5-7/h3-6H,12H2,1-2H3,(H2,13,14,15). The molecule has 100 valence electrons. The molecule has 1 aromatic carbocycles. The van der Waals surface area contributed by atoms with Crippen LogP contribution in [-0.2, 0) is 10.0 Å². The number of nitrogens with two attached hydrogens (primary N) is 1. The molecule has 0 radical (unpaired) electrons. The highest BCUT2D eigenvalue weighted by molar-refractivity contribution is 9.10. The first-order valence-corrected chi connectivity index (χ1v) is 7.38. The van der Waals surface area contributed by atoms with E-state index < -0.39 is 16.1 Å². The minimum Gasteiger partial charge on any atom is -0.398 e. The summed E-state index contributed by atoms with van der Waals surface area (Å²) in [7, 11) is -3.89. The fourth-order valence-electron chi connectivity index (χ4n) is 1.15. The number of benzene rings is 1. The Morgan fingerprint density at radius 3 is 2.50 bits per heavy atom. The maximum absolute atomic E-state index is 11.9. The Morgan fingerprint density at radius 1 is 1.39 bits per heavy atom. The van der Waals surface area contributed by atoms with Crippen LogP contribution >= 0.6 is 15.9 Å². The van der Waals surface area contributed by atoms with Crippen LogP contribution in [0.5, 0.6) is 0 Å². The summed E-state index contributed by atoms with van der Waals surface area (Å²) in [6, 6.07) is 3.18. The molecule has 0 heterocycles. The van der Waals surface area contributed by atoms with Crippen molar-refractivity contribution in [1.82, 2.24) is 10.0 Å². The number of rotatable bonds is 3. The zero-order valence-electron chi connectivity index (χ0n) is 9.90. The maximum Gasteiger partial charge on any atom is 0.328 e. The summed E-state index contributed by atoms with van der Waals surface area (Å²) in [5.41, 5.74) is 5.97. The molecule has 0 saturated carbocycles. The zero-order chi connectivity index (χ0) is 13.9. The lowest BCUT2D eigenvalue weighted by molar-refractivity contribution is 0.243. The minimum absolute atomic E-state index is 0.0394. The molecule has 0 unspecified atom stereocenters. The van der Waals surface area contributed by atoms with Crippen LogP contribution in [0.1, 0.15) is 13.8 Å². The van der Waals surface area contributed by atoms with E-state index in [0.29, 0.717) is 10.2 Å². The molecule has 0 aliphatic heterocycles. The second-order valence-corrected chi connectivity index (χ2v) is 6.45. The lowest BCUT2D eigenvalue weighted by Gasteiger charge is -2.11. The number of urea groups is 1. The molecule has 0 saturated heterocycles. The SMILES string of the molecule is CC(C)NC(=O)NS(=O)(=O)c1ccc(N)c(Br)c1. The molecule has 0 aromatic heterocycles. The van der Waals surface area contributed by atoms with Crippen LogP contribution in [0.25, 0.3) is 0 Å². The van der Waals surface area contributed by atoms with Crippen molar-refractivity contribution in [1.29, 1.82) is 0 Å². The van der Waals surface area contributed by atoms with Crippen molar-refractivity contribution in [2.45, 2.75) is 24.8 Å². The number of carbonyl (C=O) groups excluding carboxylic acids is 1. The molecule has 0 spiro atoms. The number of nitrogen functional groups attached to an aromatic ring is 1. The molecule has 0 bridgehead atoms. The second-order valence-electron chi connectivity index (χ2n) is 3.92.